The maximum atomic E-state index is 11.0. The third-order valence-corrected chi connectivity index (χ3v) is 4.51. The van der Waals surface area contributed by atoms with E-state index in [4.69, 9.17) is 11.6 Å². The van der Waals surface area contributed by atoms with E-state index in [-0.39, 0.29) is 10.7 Å². The van der Waals surface area contributed by atoms with Gasteiger partial charge in [0.15, 0.2) is 0 Å². The smallest absolute Gasteiger partial charge is 0.226 e. The van der Waals surface area contributed by atoms with Crippen molar-refractivity contribution in [2.45, 2.75) is 23.5 Å². The lowest BCUT2D eigenvalue weighted by Crippen LogP contribution is -2.47. The van der Waals surface area contributed by atoms with Gasteiger partial charge in [0.1, 0.15) is 0 Å². The van der Waals surface area contributed by atoms with Crippen molar-refractivity contribution >= 4 is 29.3 Å². The quantitative estimate of drug-likeness (QED) is 0.460. The number of hydrogen-bond acceptors (Lipinski definition) is 2. The van der Waals surface area contributed by atoms with Gasteiger partial charge in [-0.2, -0.15) is 0 Å². The van der Waals surface area contributed by atoms with Crippen molar-refractivity contribution in [3.63, 3.8) is 0 Å². The van der Waals surface area contributed by atoms with E-state index in [9.17, 15) is 4.79 Å². The van der Waals surface area contributed by atoms with Gasteiger partial charge in [0.05, 0.1) is 11.8 Å². The largest absolute Gasteiger partial charge is 0.329 e. The van der Waals surface area contributed by atoms with Crippen molar-refractivity contribution < 1.29 is 4.79 Å². The topological polar surface area (TPSA) is 20.3 Å². The molecular weight excluding hydrogens is 182 g/mol. The Kier molecular flexibility index (Phi) is 1.62. The predicted molar refractivity (Wildman–Crippen MR) is 46.8 cm³/mol. The highest BCUT2D eigenvalue weighted by atomic mass is 35.5. The summed E-state index contributed by atoms with van der Waals surface area (Å²) in [6.07, 6.45) is 0.719. The van der Waals surface area contributed by atoms with Gasteiger partial charge in [-0.25, -0.2) is 0 Å². The van der Waals surface area contributed by atoms with Gasteiger partial charge in [-0.1, -0.05) is 0 Å². The molecule has 0 radical (unpaired) electrons. The third kappa shape index (κ3) is 1.05. The van der Waals surface area contributed by atoms with Crippen molar-refractivity contribution in [2.24, 2.45) is 0 Å². The molecule has 2 rings (SSSR count). The van der Waals surface area contributed by atoms with Gasteiger partial charge in [0.2, 0.25) is 5.91 Å². The lowest BCUT2D eigenvalue weighted by molar-refractivity contribution is -0.140. The molecule has 2 nitrogen and oxygen atoms in total. The van der Waals surface area contributed by atoms with Gasteiger partial charge in [-0.05, 0) is 6.92 Å². The molecule has 0 aliphatic carbocycles. The Bertz CT molecular complexity index is 211. The summed E-state index contributed by atoms with van der Waals surface area (Å²) in [6.45, 7) is 2.96. The molecule has 0 N–H and O–H groups in total. The fourth-order valence-electron chi connectivity index (χ4n) is 1.52. The zero-order chi connectivity index (χ0) is 8.06. The molecule has 2 aliphatic rings. The van der Waals surface area contributed by atoms with Gasteiger partial charge in [-0.15, -0.1) is 23.4 Å². The van der Waals surface area contributed by atoms with E-state index in [1.807, 2.05) is 16.7 Å². The molecule has 2 aliphatic heterocycles. The molecule has 0 aromatic heterocycles. The van der Waals surface area contributed by atoms with E-state index >= 15 is 0 Å². The van der Waals surface area contributed by atoms with Crippen molar-refractivity contribution in [3.8, 4) is 0 Å². The Balaban J connectivity index is 2.08. The highest BCUT2D eigenvalue weighted by molar-refractivity contribution is 8.01. The van der Waals surface area contributed by atoms with Crippen LogP contribution >= 0.6 is 23.4 Å². The number of β-lactam (4-membered cyclic amide) rings is 1. The molecule has 2 unspecified atom stereocenters. The highest BCUT2D eigenvalue weighted by Crippen LogP contribution is 2.46. The number of nitrogens with zero attached hydrogens (tertiary/aromatic N) is 1. The summed E-state index contributed by atoms with van der Waals surface area (Å²) >= 11 is 7.64. The number of rotatable bonds is 1. The zero-order valence-electron chi connectivity index (χ0n) is 6.34. The van der Waals surface area contributed by atoms with Crippen molar-refractivity contribution in [1.82, 2.24) is 4.90 Å². The van der Waals surface area contributed by atoms with E-state index in [1.165, 1.54) is 0 Å². The molecule has 0 spiro atoms. The maximum Gasteiger partial charge on any atom is 0.226 e. The van der Waals surface area contributed by atoms with Crippen LogP contribution in [0.2, 0.25) is 0 Å². The average Bonchev–Trinajstić information content (AvgIpc) is 2.25. The monoisotopic (exact) mass is 191 g/mol. The van der Waals surface area contributed by atoms with E-state index in [0.29, 0.717) is 11.3 Å². The summed E-state index contributed by atoms with van der Waals surface area (Å²) in [7, 11) is 0. The minimum absolute atomic E-state index is 0.110. The molecule has 1 amide bonds. The summed E-state index contributed by atoms with van der Waals surface area (Å²) in [4.78, 5) is 12.9. The molecule has 0 aromatic carbocycles. The number of amides is 1. The number of hydrogen-bond donors (Lipinski definition) is 0. The van der Waals surface area contributed by atoms with Gasteiger partial charge in [0.25, 0.3) is 0 Å². The lowest BCUT2D eigenvalue weighted by atomic mass is 10.1. The van der Waals surface area contributed by atoms with Crippen LogP contribution in [0.1, 0.15) is 13.3 Å². The third-order valence-electron chi connectivity index (χ3n) is 2.23. The first kappa shape index (κ1) is 7.74. The number of thioether (sulfide) groups is 1. The molecule has 2 heterocycles. The van der Waals surface area contributed by atoms with Crippen LogP contribution < -0.4 is 0 Å². The molecule has 0 saturated carbocycles. The fraction of sp³-hybridized carbons (Fsp3) is 0.857. The highest BCUT2D eigenvalue weighted by Gasteiger charge is 2.49. The number of fused-ring (bicyclic) bond motifs is 1. The summed E-state index contributed by atoms with van der Waals surface area (Å²) in [5, 5.41) is 0.436. The van der Waals surface area contributed by atoms with Gasteiger partial charge in [-0.3, -0.25) is 4.79 Å². The Morgan fingerprint density at radius 3 is 3.09 bits per heavy atom. The lowest BCUT2D eigenvalue weighted by Gasteiger charge is -2.32. The predicted octanol–water partition coefficient (Wildman–Crippen LogP) is 1.29. The van der Waals surface area contributed by atoms with Gasteiger partial charge >= 0.3 is 0 Å². The van der Waals surface area contributed by atoms with Crippen LogP contribution in [-0.2, 0) is 4.79 Å². The minimum atomic E-state index is 0.110. The fourth-order valence-corrected chi connectivity index (χ4v) is 3.27. The molecule has 2 atom stereocenters. The number of carbonyl (C=O) groups is 1. The first-order valence-electron chi connectivity index (χ1n) is 3.68. The van der Waals surface area contributed by atoms with Crippen LogP contribution in [0, 0.1) is 0 Å². The van der Waals surface area contributed by atoms with Gasteiger partial charge < -0.3 is 4.90 Å². The summed E-state index contributed by atoms with van der Waals surface area (Å²) < 4.78 is 0.110. The normalized spacial score (nSPS) is 42.2. The van der Waals surface area contributed by atoms with E-state index in [0.717, 1.165) is 13.0 Å². The Morgan fingerprint density at radius 1 is 1.91 bits per heavy atom. The van der Waals surface area contributed by atoms with E-state index in [1.54, 1.807) is 0 Å². The van der Waals surface area contributed by atoms with E-state index < -0.39 is 0 Å². The molecular formula is C7H10ClNOS. The Labute approximate surface area is 75.3 Å². The van der Waals surface area contributed by atoms with Crippen molar-refractivity contribution in [1.29, 1.82) is 0 Å². The molecule has 62 valence electrons. The molecule has 2 saturated heterocycles. The van der Waals surface area contributed by atoms with Crippen LogP contribution in [0.25, 0.3) is 0 Å². The molecule has 0 bridgehead atoms. The second-order valence-electron chi connectivity index (χ2n) is 3.38. The Morgan fingerprint density at radius 2 is 2.64 bits per heavy atom. The molecule has 0 aromatic rings. The number of halogens is 1. The van der Waals surface area contributed by atoms with Crippen molar-refractivity contribution in [2.75, 3.05) is 12.4 Å². The van der Waals surface area contributed by atoms with E-state index in [2.05, 4.69) is 6.92 Å². The maximum absolute atomic E-state index is 11.0. The SMILES string of the molecule is CC1(CCl)CN2C(=O)CC2S1. The second kappa shape index (κ2) is 2.30. The first-order valence-corrected chi connectivity index (χ1v) is 5.09. The van der Waals surface area contributed by atoms with Gasteiger partial charge in [0, 0.05) is 17.2 Å². The average molecular weight is 192 g/mol. The van der Waals surface area contributed by atoms with Crippen LogP contribution in [-0.4, -0.2) is 33.4 Å². The first-order chi connectivity index (χ1) is 5.14. The van der Waals surface area contributed by atoms with Crippen LogP contribution in [0.5, 0.6) is 0 Å². The zero-order valence-corrected chi connectivity index (χ0v) is 7.91. The number of carbonyl (C=O) groups excluding carboxylic acids is 1. The van der Waals surface area contributed by atoms with Crippen LogP contribution in [0.15, 0.2) is 0 Å². The molecule has 4 heteroatoms. The molecule has 2 fully saturated rings. The molecule has 11 heavy (non-hydrogen) atoms. The summed E-state index contributed by atoms with van der Waals surface area (Å²) in [6, 6.07) is 0. The summed E-state index contributed by atoms with van der Waals surface area (Å²) in [5.41, 5.74) is 0. The minimum Gasteiger partial charge on any atom is -0.329 e. The van der Waals surface area contributed by atoms with Crippen LogP contribution in [0.3, 0.4) is 0 Å². The number of alkyl halides is 1. The Hall–Kier alpha value is 0.110. The second-order valence-corrected chi connectivity index (χ2v) is 5.41. The standard InChI is InChI=1S/C7H10ClNOS/c1-7(3-8)4-9-5(10)2-6(9)11-7/h6H,2-4H2,1H3. The van der Waals surface area contributed by atoms with Crippen molar-refractivity contribution in [3.05, 3.63) is 0 Å². The summed E-state index contributed by atoms with van der Waals surface area (Å²) in [5.74, 6) is 0.925. The van der Waals surface area contributed by atoms with Crippen LogP contribution in [0.4, 0.5) is 0 Å².